The van der Waals surface area contributed by atoms with Crippen molar-refractivity contribution in [1.29, 1.82) is 0 Å². The molecule has 0 N–H and O–H groups in total. The van der Waals surface area contributed by atoms with Crippen molar-refractivity contribution in [2.45, 2.75) is 18.9 Å². The molecular weight excluding hydrogens is 404 g/mol. The normalized spacial score (nSPS) is 11.8. The van der Waals surface area contributed by atoms with Gasteiger partial charge in [-0.25, -0.2) is 8.42 Å². The molecule has 0 saturated carbocycles. The van der Waals surface area contributed by atoms with E-state index in [-0.39, 0.29) is 23.8 Å². The smallest absolute Gasteiger partial charge is 0.387 e. The minimum absolute atomic E-state index is 0.0140. The largest absolute Gasteiger partial charge is 0.451 e. The first-order chi connectivity index (χ1) is 13.6. The first kappa shape index (κ1) is 20.8. The van der Waals surface area contributed by atoms with Gasteiger partial charge >= 0.3 is 6.61 Å². The van der Waals surface area contributed by atoms with Crippen LogP contribution in [0.15, 0.2) is 52.9 Å². The third kappa shape index (κ3) is 5.11. The third-order valence-corrected chi connectivity index (χ3v) is 5.00. The summed E-state index contributed by atoms with van der Waals surface area (Å²) in [6.45, 7) is -2.85. The molecule has 9 heteroatoms. The molecule has 29 heavy (non-hydrogen) atoms. The fourth-order valence-corrected chi connectivity index (χ4v) is 3.83. The number of rotatable bonds is 7. The summed E-state index contributed by atoms with van der Waals surface area (Å²) in [6.07, 6.45) is 1.08. The highest BCUT2D eigenvalue weighted by atomic mass is 32.2. The molecule has 0 atom stereocenters. The lowest BCUT2D eigenvalue weighted by Crippen LogP contribution is -2.27. The Bertz CT molecular complexity index is 1140. The van der Waals surface area contributed by atoms with Crippen LogP contribution in [0.5, 0.6) is 5.75 Å². The number of para-hydroxylation sites is 1. The van der Waals surface area contributed by atoms with Crippen molar-refractivity contribution in [1.82, 2.24) is 4.90 Å². The van der Waals surface area contributed by atoms with E-state index in [0.717, 1.165) is 6.26 Å². The first-order valence-electron chi connectivity index (χ1n) is 8.61. The van der Waals surface area contributed by atoms with E-state index in [1.807, 2.05) is 0 Å². The summed E-state index contributed by atoms with van der Waals surface area (Å²) < 4.78 is 58.6. The molecule has 0 saturated heterocycles. The minimum Gasteiger partial charge on any atom is -0.451 e. The minimum atomic E-state index is -3.41. The van der Waals surface area contributed by atoms with Gasteiger partial charge in [0.25, 0.3) is 5.91 Å². The Morgan fingerprint density at radius 3 is 2.59 bits per heavy atom. The number of halogens is 2. The Kier molecular flexibility index (Phi) is 5.88. The van der Waals surface area contributed by atoms with Crippen LogP contribution in [-0.4, -0.2) is 39.1 Å². The number of furan rings is 1. The molecule has 0 aliphatic rings. The lowest BCUT2D eigenvalue weighted by molar-refractivity contribution is -0.0499. The van der Waals surface area contributed by atoms with E-state index >= 15 is 0 Å². The maximum atomic E-state index is 13.0. The van der Waals surface area contributed by atoms with Gasteiger partial charge in [-0.1, -0.05) is 30.3 Å². The van der Waals surface area contributed by atoms with E-state index in [1.54, 1.807) is 36.4 Å². The van der Waals surface area contributed by atoms with Gasteiger partial charge < -0.3 is 14.1 Å². The average Bonchev–Trinajstić information content (AvgIpc) is 2.97. The summed E-state index contributed by atoms with van der Waals surface area (Å²) in [4.78, 5) is 14.3. The summed E-state index contributed by atoms with van der Waals surface area (Å²) in [7, 11) is -1.90. The summed E-state index contributed by atoms with van der Waals surface area (Å²) in [5.74, 6) is -0.921. The van der Waals surface area contributed by atoms with Crippen LogP contribution in [-0.2, 0) is 22.1 Å². The second kappa shape index (κ2) is 8.20. The summed E-state index contributed by atoms with van der Waals surface area (Å²) in [5, 5.41) is 0.557. The van der Waals surface area contributed by atoms with Crippen molar-refractivity contribution in [3.05, 3.63) is 65.4 Å². The van der Waals surface area contributed by atoms with Gasteiger partial charge in [-0.15, -0.1) is 0 Å². The molecule has 0 spiro atoms. The average molecular weight is 423 g/mol. The van der Waals surface area contributed by atoms with Crippen molar-refractivity contribution < 1.29 is 31.1 Å². The highest BCUT2D eigenvalue weighted by Gasteiger charge is 2.25. The second-order valence-corrected chi connectivity index (χ2v) is 8.80. The topological polar surface area (TPSA) is 76.8 Å². The van der Waals surface area contributed by atoms with Crippen LogP contribution in [0.2, 0.25) is 0 Å². The molecule has 154 valence electrons. The van der Waals surface area contributed by atoms with Crippen LogP contribution in [0.1, 0.15) is 21.7 Å². The molecule has 0 radical (unpaired) electrons. The van der Waals surface area contributed by atoms with Crippen molar-refractivity contribution in [3.8, 4) is 5.75 Å². The Morgan fingerprint density at radius 1 is 1.17 bits per heavy atom. The molecule has 1 aromatic heterocycles. The molecule has 3 aromatic rings. The Hall–Kier alpha value is -2.94. The van der Waals surface area contributed by atoms with Crippen molar-refractivity contribution in [2.75, 3.05) is 13.3 Å². The number of ether oxygens (including phenoxy) is 1. The summed E-state index contributed by atoms with van der Waals surface area (Å²) in [6, 6.07) is 12.8. The summed E-state index contributed by atoms with van der Waals surface area (Å²) in [5.41, 5.74) is 1.28. The van der Waals surface area contributed by atoms with Crippen LogP contribution in [0.25, 0.3) is 11.0 Å². The highest BCUT2D eigenvalue weighted by Crippen LogP contribution is 2.29. The molecule has 1 amide bonds. The zero-order chi connectivity index (χ0) is 21.2. The molecule has 0 bridgehead atoms. The van der Waals surface area contributed by atoms with Gasteiger partial charge in [0.05, 0.1) is 5.75 Å². The van der Waals surface area contributed by atoms with Crippen LogP contribution < -0.4 is 4.74 Å². The number of amides is 1. The monoisotopic (exact) mass is 423 g/mol. The molecule has 6 nitrogen and oxygen atoms in total. The van der Waals surface area contributed by atoms with E-state index < -0.39 is 22.4 Å². The predicted molar refractivity (Wildman–Crippen MR) is 104 cm³/mol. The van der Waals surface area contributed by atoms with Gasteiger partial charge in [0.15, 0.2) is 15.6 Å². The molecule has 0 fully saturated rings. The molecular formula is C20H19F2NO5S. The van der Waals surface area contributed by atoms with Crippen LogP contribution in [0, 0.1) is 0 Å². The summed E-state index contributed by atoms with van der Waals surface area (Å²) >= 11 is 0. The third-order valence-electron chi connectivity index (χ3n) is 4.19. The van der Waals surface area contributed by atoms with Gasteiger partial charge in [0.2, 0.25) is 0 Å². The lowest BCUT2D eigenvalue weighted by Gasteiger charge is -2.17. The number of carbonyl (C=O) groups is 1. The van der Waals surface area contributed by atoms with Crippen LogP contribution >= 0.6 is 0 Å². The van der Waals surface area contributed by atoms with Gasteiger partial charge in [-0.2, -0.15) is 8.78 Å². The van der Waals surface area contributed by atoms with E-state index in [1.165, 1.54) is 24.1 Å². The first-order valence-corrected chi connectivity index (χ1v) is 10.7. The molecule has 0 aliphatic carbocycles. The predicted octanol–water partition coefficient (Wildman–Crippen LogP) is 3.85. The standard InChI is InChI=1S/C20H19F2NO5S/c1-23(11-13-6-5-7-14(10-13)27-20(21)22)19(24)18-16(12-29(2,25)26)15-8-3-4-9-17(15)28-18/h3-10,20H,11-12H2,1-2H3. The quantitative estimate of drug-likeness (QED) is 0.577. The van der Waals surface area contributed by atoms with E-state index in [4.69, 9.17) is 4.42 Å². The number of nitrogens with zero attached hydrogens (tertiary/aromatic N) is 1. The zero-order valence-corrected chi connectivity index (χ0v) is 16.6. The van der Waals surface area contributed by atoms with E-state index in [0.29, 0.717) is 22.1 Å². The Balaban J connectivity index is 1.90. The molecule has 1 heterocycles. The van der Waals surface area contributed by atoms with E-state index in [9.17, 15) is 22.0 Å². The molecule has 3 rings (SSSR count). The number of carbonyl (C=O) groups excluding carboxylic acids is 1. The molecule has 0 unspecified atom stereocenters. The SMILES string of the molecule is CN(Cc1cccc(OC(F)F)c1)C(=O)c1oc2ccccc2c1CS(C)(=O)=O. The number of benzene rings is 2. The number of fused-ring (bicyclic) bond motifs is 1. The van der Waals surface area contributed by atoms with E-state index in [2.05, 4.69) is 4.74 Å². The van der Waals surface area contributed by atoms with Gasteiger partial charge in [-0.05, 0) is 23.8 Å². The Labute approximate surface area is 166 Å². The number of sulfone groups is 1. The van der Waals surface area contributed by atoms with Gasteiger partial charge in [0, 0.05) is 30.8 Å². The fourth-order valence-electron chi connectivity index (χ4n) is 3.02. The number of alkyl halides is 2. The fraction of sp³-hybridized carbons (Fsp3) is 0.250. The molecule has 2 aromatic carbocycles. The maximum Gasteiger partial charge on any atom is 0.387 e. The number of hydrogen-bond donors (Lipinski definition) is 0. The second-order valence-electron chi connectivity index (χ2n) is 6.66. The van der Waals surface area contributed by atoms with Crippen molar-refractivity contribution in [2.24, 2.45) is 0 Å². The van der Waals surface area contributed by atoms with Gasteiger partial charge in [-0.3, -0.25) is 4.79 Å². The van der Waals surface area contributed by atoms with Crippen LogP contribution in [0.3, 0.4) is 0 Å². The maximum absolute atomic E-state index is 13.0. The zero-order valence-electron chi connectivity index (χ0n) is 15.8. The van der Waals surface area contributed by atoms with Crippen LogP contribution in [0.4, 0.5) is 8.78 Å². The Morgan fingerprint density at radius 2 is 1.90 bits per heavy atom. The lowest BCUT2D eigenvalue weighted by atomic mass is 10.1. The number of hydrogen-bond acceptors (Lipinski definition) is 5. The molecule has 0 aliphatic heterocycles. The van der Waals surface area contributed by atoms with Crippen molar-refractivity contribution >= 4 is 26.7 Å². The van der Waals surface area contributed by atoms with Gasteiger partial charge in [0.1, 0.15) is 11.3 Å². The highest BCUT2D eigenvalue weighted by molar-refractivity contribution is 7.89. The van der Waals surface area contributed by atoms with Crippen molar-refractivity contribution in [3.63, 3.8) is 0 Å².